The average Bonchev–Trinajstić information content (AvgIpc) is 2.88. The standard InChI is InChI=1S/C14H19N3S/c1-3-10-6-7-12(9(10)2)17-13-11(16-14(17)18)5-4-8-15-13/h4-5,8-10,12H,3,6-7H2,1-2H3,(H,16,18). The third-order valence-corrected chi connectivity index (χ3v) is 4.81. The molecule has 0 radical (unpaired) electrons. The quantitative estimate of drug-likeness (QED) is 0.826. The lowest BCUT2D eigenvalue weighted by molar-refractivity contribution is 0.331. The summed E-state index contributed by atoms with van der Waals surface area (Å²) in [6.45, 7) is 4.64. The van der Waals surface area contributed by atoms with Crippen LogP contribution in [-0.4, -0.2) is 14.5 Å². The number of rotatable bonds is 2. The average molecular weight is 261 g/mol. The molecule has 1 saturated carbocycles. The van der Waals surface area contributed by atoms with E-state index >= 15 is 0 Å². The van der Waals surface area contributed by atoms with Crippen LogP contribution in [0, 0.1) is 16.6 Å². The molecule has 0 spiro atoms. The monoisotopic (exact) mass is 261 g/mol. The molecule has 1 N–H and O–H groups in total. The van der Waals surface area contributed by atoms with Gasteiger partial charge >= 0.3 is 0 Å². The molecule has 1 aliphatic rings. The van der Waals surface area contributed by atoms with E-state index in [0.29, 0.717) is 12.0 Å². The second-order valence-electron chi connectivity index (χ2n) is 5.35. The molecule has 4 heteroatoms. The Kier molecular flexibility index (Phi) is 2.98. The lowest BCUT2D eigenvalue weighted by Crippen LogP contribution is -2.16. The Morgan fingerprint density at radius 1 is 1.50 bits per heavy atom. The molecule has 0 aliphatic heterocycles. The van der Waals surface area contributed by atoms with Gasteiger partial charge in [0.1, 0.15) is 0 Å². The predicted molar refractivity (Wildman–Crippen MR) is 76.1 cm³/mol. The fourth-order valence-electron chi connectivity index (χ4n) is 3.43. The number of hydrogen-bond donors (Lipinski definition) is 1. The molecule has 0 bridgehead atoms. The van der Waals surface area contributed by atoms with Crippen molar-refractivity contribution < 1.29 is 0 Å². The number of imidazole rings is 1. The van der Waals surface area contributed by atoms with Crippen molar-refractivity contribution >= 4 is 23.4 Å². The van der Waals surface area contributed by atoms with Gasteiger partial charge in [0.2, 0.25) is 0 Å². The van der Waals surface area contributed by atoms with E-state index in [1.54, 1.807) is 0 Å². The molecule has 18 heavy (non-hydrogen) atoms. The summed E-state index contributed by atoms with van der Waals surface area (Å²) in [7, 11) is 0. The number of nitrogens with one attached hydrogen (secondary N) is 1. The molecule has 3 rings (SSSR count). The molecule has 96 valence electrons. The van der Waals surface area contributed by atoms with Crippen LogP contribution in [0.3, 0.4) is 0 Å². The normalized spacial score (nSPS) is 28.0. The zero-order valence-corrected chi connectivity index (χ0v) is 11.7. The molecule has 1 aliphatic carbocycles. The molecule has 3 unspecified atom stereocenters. The highest BCUT2D eigenvalue weighted by atomic mass is 32.1. The van der Waals surface area contributed by atoms with Crippen molar-refractivity contribution in [2.24, 2.45) is 11.8 Å². The number of fused-ring (bicyclic) bond motifs is 1. The van der Waals surface area contributed by atoms with Crippen LogP contribution in [0.15, 0.2) is 18.3 Å². The van der Waals surface area contributed by atoms with Crippen molar-refractivity contribution in [3.63, 3.8) is 0 Å². The Labute approximate surface area is 112 Å². The van der Waals surface area contributed by atoms with Gasteiger partial charge in [0.15, 0.2) is 10.4 Å². The highest BCUT2D eigenvalue weighted by molar-refractivity contribution is 7.71. The molecule has 2 heterocycles. The topological polar surface area (TPSA) is 33.6 Å². The third-order valence-electron chi connectivity index (χ3n) is 4.52. The van der Waals surface area contributed by atoms with Gasteiger partial charge in [0, 0.05) is 12.2 Å². The van der Waals surface area contributed by atoms with Crippen LogP contribution in [0.1, 0.15) is 39.2 Å². The van der Waals surface area contributed by atoms with Gasteiger partial charge in [-0.3, -0.25) is 4.57 Å². The van der Waals surface area contributed by atoms with Gasteiger partial charge in [-0.15, -0.1) is 0 Å². The molecule has 3 atom stereocenters. The minimum Gasteiger partial charge on any atom is -0.329 e. The van der Waals surface area contributed by atoms with Gasteiger partial charge in [-0.1, -0.05) is 20.3 Å². The first-order chi connectivity index (χ1) is 8.72. The molecular weight excluding hydrogens is 242 g/mol. The Balaban J connectivity index is 2.10. The van der Waals surface area contributed by atoms with Crippen LogP contribution in [0.5, 0.6) is 0 Å². The predicted octanol–water partition coefficient (Wildman–Crippen LogP) is 4.09. The second-order valence-corrected chi connectivity index (χ2v) is 5.73. The Hall–Kier alpha value is -1.16. The van der Waals surface area contributed by atoms with E-state index in [-0.39, 0.29) is 0 Å². The van der Waals surface area contributed by atoms with E-state index in [1.165, 1.54) is 19.3 Å². The number of hydrogen-bond acceptors (Lipinski definition) is 2. The van der Waals surface area contributed by atoms with Crippen LogP contribution >= 0.6 is 12.2 Å². The SMILES string of the molecule is CCC1CCC(n2c(=S)[nH]c3cccnc32)C1C. The first-order valence-electron chi connectivity index (χ1n) is 6.77. The molecule has 2 aromatic rings. The smallest absolute Gasteiger partial charge is 0.179 e. The number of aromatic amines is 1. The van der Waals surface area contributed by atoms with Crippen molar-refractivity contribution in [3.05, 3.63) is 23.1 Å². The fraction of sp³-hybridized carbons (Fsp3) is 0.571. The van der Waals surface area contributed by atoms with Gasteiger partial charge in [-0.05, 0) is 49.0 Å². The van der Waals surface area contributed by atoms with E-state index in [1.807, 2.05) is 18.3 Å². The highest BCUT2D eigenvalue weighted by Gasteiger charge is 2.34. The van der Waals surface area contributed by atoms with E-state index in [2.05, 4.69) is 28.4 Å². The zero-order chi connectivity index (χ0) is 12.7. The number of aromatic nitrogens is 3. The van der Waals surface area contributed by atoms with Crippen molar-refractivity contribution in [2.45, 2.75) is 39.2 Å². The molecule has 0 aromatic carbocycles. The molecule has 1 fully saturated rings. The molecule has 2 aromatic heterocycles. The fourth-order valence-corrected chi connectivity index (χ4v) is 3.76. The summed E-state index contributed by atoms with van der Waals surface area (Å²) in [5.41, 5.74) is 2.06. The maximum absolute atomic E-state index is 5.48. The number of H-pyrrole nitrogens is 1. The van der Waals surface area contributed by atoms with Gasteiger partial charge < -0.3 is 4.98 Å². The minimum absolute atomic E-state index is 0.506. The van der Waals surface area contributed by atoms with Crippen LogP contribution in [0.4, 0.5) is 0 Å². The van der Waals surface area contributed by atoms with Crippen LogP contribution < -0.4 is 0 Å². The summed E-state index contributed by atoms with van der Waals surface area (Å²) in [5.74, 6) is 1.51. The van der Waals surface area contributed by atoms with Crippen molar-refractivity contribution in [1.29, 1.82) is 0 Å². The van der Waals surface area contributed by atoms with Gasteiger partial charge in [-0.2, -0.15) is 0 Å². The van der Waals surface area contributed by atoms with E-state index in [0.717, 1.165) is 21.9 Å². The zero-order valence-electron chi connectivity index (χ0n) is 10.9. The first-order valence-corrected chi connectivity index (χ1v) is 7.18. The lowest BCUT2D eigenvalue weighted by Gasteiger charge is -2.21. The lowest BCUT2D eigenvalue weighted by atomic mass is 9.93. The van der Waals surface area contributed by atoms with Crippen LogP contribution in [0.2, 0.25) is 0 Å². The number of nitrogens with zero attached hydrogens (tertiary/aromatic N) is 2. The summed E-state index contributed by atoms with van der Waals surface area (Å²) in [4.78, 5) is 7.77. The first kappa shape index (κ1) is 11.9. The Morgan fingerprint density at radius 2 is 2.33 bits per heavy atom. The van der Waals surface area contributed by atoms with Crippen molar-refractivity contribution in [1.82, 2.24) is 14.5 Å². The number of pyridine rings is 1. The summed E-state index contributed by atoms with van der Waals surface area (Å²) in [5, 5.41) is 0. The van der Waals surface area contributed by atoms with E-state index < -0.39 is 0 Å². The minimum atomic E-state index is 0.506. The second kappa shape index (κ2) is 4.50. The third kappa shape index (κ3) is 1.70. The van der Waals surface area contributed by atoms with Crippen LogP contribution in [0.25, 0.3) is 11.2 Å². The maximum Gasteiger partial charge on any atom is 0.179 e. The van der Waals surface area contributed by atoms with Crippen molar-refractivity contribution in [2.75, 3.05) is 0 Å². The highest BCUT2D eigenvalue weighted by Crippen LogP contribution is 2.42. The van der Waals surface area contributed by atoms with Gasteiger partial charge in [0.05, 0.1) is 5.52 Å². The summed E-state index contributed by atoms with van der Waals surface area (Å²) in [6, 6.07) is 4.50. The largest absolute Gasteiger partial charge is 0.329 e. The van der Waals surface area contributed by atoms with Gasteiger partial charge in [-0.25, -0.2) is 4.98 Å². The molecule has 0 saturated heterocycles. The molecule has 3 nitrogen and oxygen atoms in total. The summed E-state index contributed by atoms with van der Waals surface area (Å²) < 4.78 is 3.06. The Morgan fingerprint density at radius 3 is 3.06 bits per heavy atom. The molecule has 0 amide bonds. The van der Waals surface area contributed by atoms with E-state index in [9.17, 15) is 0 Å². The van der Waals surface area contributed by atoms with E-state index in [4.69, 9.17) is 12.2 Å². The maximum atomic E-state index is 5.48. The van der Waals surface area contributed by atoms with Gasteiger partial charge in [0.25, 0.3) is 0 Å². The summed E-state index contributed by atoms with van der Waals surface area (Å²) >= 11 is 5.48. The van der Waals surface area contributed by atoms with Crippen molar-refractivity contribution in [3.8, 4) is 0 Å². The Bertz CT molecular complexity index is 613. The molecular formula is C14H19N3S. The van der Waals surface area contributed by atoms with Crippen LogP contribution in [-0.2, 0) is 0 Å². The summed E-state index contributed by atoms with van der Waals surface area (Å²) in [6.07, 6.45) is 5.64.